The van der Waals surface area contributed by atoms with Crippen LogP contribution in [0.4, 0.5) is 10.1 Å². The lowest BCUT2D eigenvalue weighted by atomic mass is 9.95. The normalized spacial score (nSPS) is 14.6. The number of benzene rings is 2. The molecule has 0 bridgehead atoms. The van der Waals surface area contributed by atoms with E-state index in [-0.39, 0.29) is 38.1 Å². The molecular formula is C20H18Cl3FN2O2. The van der Waals surface area contributed by atoms with E-state index in [1.54, 1.807) is 6.07 Å². The second kappa shape index (κ2) is 9.12. The molecule has 28 heavy (non-hydrogen) atoms. The van der Waals surface area contributed by atoms with Crippen LogP contribution >= 0.6 is 34.8 Å². The van der Waals surface area contributed by atoms with Crippen LogP contribution in [0.5, 0.6) is 0 Å². The lowest BCUT2D eigenvalue weighted by Gasteiger charge is -2.23. The summed E-state index contributed by atoms with van der Waals surface area (Å²) < 4.78 is 13.7. The molecule has 148 valence electrons. The lowest BCUT2D eigenvalue weighted by molar-refractivity contribution is 0.0926. The van der Waals surface area contributed by atoms with Crippen LogP contribution in [-0.2, 0) is 0 Å². The first-order chi connectivity index (χ1) is 13.3. The van der Waals surface area contributed by atoms with Gasteiger partial charge in [-0.1, -0.05) is 54.1 Å². The first kappa shape index (κ1) is 20.9. The molecule has 2 aromatic rings. The van der Waals surface area contributed by atoms with E-state index in [2.05, 4.69) is 10.6 Å². The highest BCUT2D eigenvalue weighted by Crippen LogP contribution is 2.27. The Bertz CT molecular complexity index is 915. The van der Waals surface area contributed by atoms with Gasteiger partial charge in [-0.05, 0) is 43.2 Å². The fraction of sp³-hybridized carbons (Fsp3) is 0.300. The molecule has 0 heterocycles. The number of carbonyl (C=O) groups excluding carboxylic acids is 2. The fourth-order valence-electron chi connectivity index (χ4n) is 3.18. The van der Waals surface area contributed by atoms with E-state index in [1.807, 2.05) is 0 Å². The SMILES string of the molecule is O=C(Nc1ccc(Cl)c(C(=O)NC2CCCCC2)c1)c1cc(F)c(Cl)cc1Cl. The van der Waals surface area contributed by atoms with Crippen molar-refractivity contribution >= 4 is 52.3 Å². The van der Waals surface area contributed by atoms with Crippen molar-refractivity contribution in [1.29, 1.82) is 0 Å². The van der Waals surface area contributed by atoms with Crippen LogP contribution in [0.2, 0.25) is 15.1 Å². The molecule has 0 aliphatic heterocycles. The first-order valence-electron chi connectivity index (χ1n) is 8.91. The van der Waals surface area contributed by atoms with Gasteiger partial charge in [-0.2, -0.15) is 0 Å². The van der Waals surface area contributed by atoms with E-state index in [9.17, 15) is 14.0 Å². The van der Waals surface area contributed by atoms with Crippen molar-refractivity contribution in [2.24, 2.45) is 0 Å². The molecule has 1 saturated carbocycles. The highest BCUT2D eigenvalue weighted by Gasteiger charge is 2.20. The monoisotopic (exact) mass is 442 g/mol. The summed E-state index contributed by atoms with van der Waals surface area (Å²) in [6.07, 6.45) is 5.25. The van der Waals surface area contributed by atoms with Crippen LogP contribution in [0.1, 0.15) is 52.8 Å². The average molecular weight is 444 g/mol. The third-order valence-corrected chi connectivity index (χ3v) is 5.60. The Balaban J connectivity index is 1.76. The second-order valence-corrected chi connectivity index (χ2v) is 7.92. The molecule has 8 heteroatoms. The van der Waals surface area contributed by atoms with Gasteiger partial charge in [0.2, 0.25) is 0 Å². The predicted molar refractivity (Wildman–Crippen MR) is 110 cm³/mol. The number of amides is 2. The van der Waals surface area contributed by atoms with E-state index in [0.29, 0.717) is 5.69 Å². The smallest absolute Gasteiger partial charge is 0.257 e. The van der Waals surface area contributed by atoms with Crippen LogP contribution in [0.15, 0.2) is 30.3 Å². The Kier molecular flexibility index (Phi) is 6.81. The molecule has 2 amide bonds. The molecule has 0 unspecified atom stereocenters. The predicted octanol–water partition coefficient (Wildman–Crippen LogP) is 6.10. The summed E-state index contributed by atoms with van der Waals surface area (Å²) in [4.78, 5) is 25.0. The molecule has 0 saturated heterocycles. The average Bonchev–Trinajstić information content (AvgIpc) is 2.66. The molecule has 0 spiro atoms. The molecule has 2 N–H and O–H groups in total. The van der Waals surface area contributed by atoms with E-state index in [0.717, 1.165) is 37.8 Å². The van der Waals surface area contributed by atoms with Gasteiger partial charge in [-0.3, -0.25) is 9.59 Å². The summed E-state index contributed by atoms with van der Waals surface area (Å²) in [5.74, 6) is -1.66. The molecule has 4 nitrogen and oxygen atoms in total. The first-order valence-corrected chi connectivity index (χ1v) is 10.0. The third kappa shape index (κ3) is 4.96. The molecule has 0 atom stereocenters. The second-order valence-electron chi connectivity index (χ2n) is 6.70. The molecule has 1 aliphatic carbocycles. The maximum Gasteiger partial charge on any atom is 0.257 e. The number of hydrogen-bond donors (Lipinski definition) is 2. The summed E-state index contributed by atoms with van der Waals surface area (Å²) in [5.41, 5.74) is 0.541. The van der Waals surface area contributed by atoms with Gasteiger partial charge in [-0.15, -0.1) is 0 Å². The van der Waals surface area contributed by atoms with E-state index >= 15 is 0 Å². The van der Waals surface area contributed by atoms with Gasteiger partial charge in [0.25, 0.3) is 11.8 Å². The standard InChI is InChI=1S/C20H18Cl3FN2O2/c21-15-7-6-12(8-13(15)19(27)25-11-4-2-1-3-5-11)26-20(28)14-9-18(24)17(23)10-16(14)22/h6-11H,1-5H2,(H,25,27)(H,26,28). The number of rotatable bonds is 4. The van der Waals surface area contributed by atoms with Gasteiger partial charge in [0.15, 0.2) is 0 Å². The summed E-state index contributed by atoms with van der Waals surface area (Å²) in [5, 5.41) is 5.72. The number of hydrogen-bond acceptors (Lipinski definition) is 2. The molecule has 0 radical (unpaired) electrons. The van der Waals surface area contributed by atoms with Crippen LogP contribution in [0, 0.1) is 5.82 Å². The van der Waals surface area contributed by atoms with Gasteiger partial charge in [0.1, 0.15) is 5.82 Å². The zero-order chi connectivity index (χ0) is 20.3. The van der Waals surface area contributed by atoms with Crippen molar-refractivity contribution in [3.8, 4) is 0 Å². The van der Waals surface area contributed by atoms with Crippen LogP contribution in [0.3, 0.4) is 0 Å². The van der Waals surface area contributed by atoms with E-state index in [4.69, 9.17) is 34.8 Å². The molecule has 1 aliphatic rings. The minimum absolute atomic E-state index is 0.0214. The van der Waals surface area contributed by atoms with Gasteiger partial charge in [0, 0.05) is 11.7 Å². The fourth-order valence-corrected chi connectivity index (χ4v) is 3.85. The largest absolute Gasteiger partial charge is 0.349 e. The Morgan fingerprint density at radius 1 is 0.857 bits per heavy atom. The van der Waals surface area contributed by atoms with Crippen molar-refractivity contribution in [2.45, 2.75) is 38.1 Å². The van der Waals surface area contributed by atoms with Gasteiger partial charge < -0.3 is 10.6 Å². The van der Waals surface area contributed by atoms with Crippen LogP contribution < -0.4 is 10.6 Å². The Morgan fingerprint density at radius 3 is 2.25 bits per heavy atom. The molecule has 0 aromatic heterocycles. The number of nitrogens with one attached hydrogen (secondary N) is 2. The summed E-state index contributed by atoms with van der Waals surface area (Å²) in [6.45, 7) is 0. The molecule has 2 aromatic carbocycles. The van der Waals surface area contributed by atoms with Crippen molar-refractivity contribution < 1.29 is 14.0 Å². The molecular weight excluding hydrogens is 426 g/mol. The van der Waals surface area contributed by atoms with Crippen LogP contribution in [0.25, 0.3) is 0 Å². The van der Waals surface area contributed by atoms with Gasteiger partial charge in [-0.25, -0.2) is 4.39 Å². The maximum absolute atomic E-state index is 13.7. The van der Waals surface area contributed by atoms with E-state index < -0.39 is 11.7 Å². The topological polar surface area (TPSA) is 58.2 Å². The Morgan fingerprint density at radius 2 is 1.54 bits per heavy atom. The third-order valence-electron chi connectivity index (χ3n) is 4.66. The molecule has 3 rings (SSSR count). The Labute approximate surface area is 177 Å². The lowest BCUT2D eigenvalue weighted by Crippen LogP contribution is -2.36. The number of carbonyl (C=O) groups is 2. The van der Waals surface area contributed by atoms with Crippen molar-refractivity contribution in [3.05, 3.63) is 62.3 Å². The zero-order valence-corrected chi connectivity index (χ0v) is 17.1. The van der Waals surface area contributed by atoms with Crippen molar-refractivity contribution in [3.63, 3.8) is 0 Å². The summed E-state index contributed by atoms with van der Waals surface area (Å²) in [7, 11) is 0. The Hall–Kier alpha value is -1.82. The minimum atomic E-state index is -0.750. The van der Waals surface area contributed by atoms with Gasteiger partial charge >= 0.3 is 0 Å². The highest BCUT2D eigenvalue weighted by molar-refractivity contribution is 6.37. The zero-order valence-electron chi connectivity index (χ0n) is 14.8. The van der Waals surface area contributed by atoms with Crippen molar-refractivity contribution in [2.75, 3.05) is 5.32 Å². The summed E-state index contributed by atoms with van der Waals surface area (Å²) in [6, 6.07) is 6.82. The maximum atomic E-state index is 13.7. The minimum Gasteiger partial charge on any atom is -0.349 e. The van der Waals surface area contributed by atoms with Crippen LogP contribution in [-0.4, -0.2) is 17.9 Å². The van der Waals surface area contributed by atoms with Gasteiger partial charge in [0.05, 0.1) is 26.2 Å². The number of anilines is 1. The highest BCUT2D eigenvalue weighted by atomic mass is 35.5. The summed E-state index contributed by atoms with van der Waals surface area (Å²) >= 11 is 17.8. The van der Waals surface area contributed by atoms with E-state index in [1.165, 1.54) is 18.6 Å². The van der Waals surface area contributed by atoms with Crippen molar-refractivity contribution in [1.82, 2.24) is 5.32 Å². The molecule has 1 fully saturated rings. The number of halogens is 4. The quantitative estimate of drug-likeness (QED) is 0.561.